The van der Waals surface area contributed by atoms with Crippen LogP contribution in [0.5, 0.6) is 0 Å². The molecule has 0 amide bonds. The average molecular weight is 409 g/mol. The van der Waals surface area contributed by atoms with Crippen molar-refractivity contribution < 1.29 is 9.53 Å². The van der Waals surface area contributed by atoms with Gasteiger partial charge in [0.25, 0.3) is 0 Å². The van der Waals surface area contributed by atoms with Crippen LogP contribution in [-0.2, 0) is 4.43 Å². The Hall–Kier alpha value is -1.42. The molecule has 4 rings (SSSR count). The maximum atomic E-state index is 12.1. The second-order valence-corrected chi connectivity index (χ2v) is 14.9. The predicted octanol–water partition coefficient (Wildman–Crippen LogP) is 6.36. The quantitative estimate of drug-likeness (QED) is 0.465. The zero-order valence-corrected chi connectivity index (χ0v) is 19.4. The summed E-state index contributed by atoms with van der Waals surface area (Å²) in [5.74, 6) is 0.656. The largest absolute Gasteiger partial charge is 0.408 e. The first-order valence-electron chi connectivity index (χ1n) is 11.2. The van der Waals surface area contributed by atoms with Gasteiger partial charge < -0.3 is 9.53 Å². The van der Waals surface area contributed by atoms with Gasteiger partial charge in [-0.2, -0.15) is 0 Å². The van der Waals surface area contributed by atoms with Crippen molar-refractivity contribution in [3.8, 4) is 0 Å². The summed E-state index contributed by atoms with van der Waals surface area (Å²) in [6, 6.07) is 10.6. The molecule has 2 nitrogen and oxygen atoms in total. The Labute approximate surface area is 177 Å². The number of hydrogen-bond donors (Lipinski definition) is 1. The maximum Gasteiger partial charge on any atom is 0.184 e. The molecule has 2 saturated carbocycles. The smallest absolute Gasteiger partial charge is 0.184 e. The Balaban J connectivity index is 1.91. The van der Waals surface area contributed by atoms with Crippen molar-refractivity contribution >= 4 is 14.4 Å². The number of rotatable bonds is 3. The number of aliphatic hydroxyl groups is 1. The summed E-state index contributed by atoms with van der Waals surface area (Å²) in [5, 5.41) is 12.1. The van der Waals surface area contributed by atoms with Gasteiger partial charge in [-0.1, -0.05) is 67.6 Å². The van der Waals surface area contributed by atoms with Crippen LogP contribution < -0.4 is 0 Å². The van der Waals surface area contributed by atoms with E-state index in [2.05, 4.69) is 81.7 Å². The zero-order chi connectivity index (χ0) is 20.9. The molecule has 3 heteroatoms. The molecule has 1 aromatic rings. The van der Waals surface area contributed by atoms with E-state index in [1.165, 1.54) is 16.7 Å². The molecule has 2 fully saturated rings. The normalized spacial score (nSPS) is 38.6. The summed E-state index contributed by atoms with van der Waals surface area (Å²) in [7, 11) is -1.88. The Morgan fingerprint density at radius 2 is 1.93 bits per heavy atom. The number of hydrogen-bond acceptors (Lipinski definition) is 2. The first kappa shape index (κ1) is 20.8. The molecule has 29 heavy (non-hydrogen) atoms. The van der Waals surface area contributed by atoms with E-state index in [0.29, 0.717) is 5.92 Å². The Morgan fingerprint density at radius 1 is 1.21 bits per heavy atom. The van der Waals surface area contributed by atoms with Crippen LogP contribution in [0.15, 0.2) is 60.2 Å². The first-order chi connectivity index (χ1) is 13.6. The highest BCUT2D eigenvalue weighted by Crippen LogP contribution is 2.61. The predicted molar refractivity (Wildman–Crippen MR) is 124 cm³/mol. The number of benzene rings is 1. The van der Waals surface area contributed by atoms with Gasteiger partial charge in [0.15, 0.2) is 8.32 Å². The lowest BCUT2D eigenvalue weighted by Crippen LogP contribution is -2.56. The maximum absolute atomic E-state index is 12.1. The SMILES string of the molecule is C=C1C[C@H]2C=CCC[C@]2(O)[C@@H]2C[C@@H](C)/C(=C/c3ccccc3)[C@@]2(O[Si](C)(C)C)C1. The fraction of sp³-hybridized carbons (Fsp3) is 0.538. The lowest BCUT2D eigenvalue weighted by atomic mass is 9.67. The van der Waals surface area contributed by atoms with Gasteiger partial charge in [-0.05, 0) is 62.4 Å². The molecule has 0 unspecified atom stereocenters. The van der Waals surface area contributed by atoms with Gasteiger partial charge in [-0.15, -0.1) is 0 Å². The van der Waals surface area contributed by atoms with Gasteiger partial charge in [0.1, 0.15) is 0 Å². The van der Waals surface area contributed by atoms with E-state index < -0.39 is 19.5 Å². The summed E-state index contributed by atoms with van der Waals surface area (Å²) < 4.78 is 7.14. The van der Waals surface area contributed by atoms with Crippen LogP contribution in [0.1, 0.15) is 44.6 Å². The zero-order valence-electron chi connectivity index (χ0n) is 18.4. The highest BCUT2D eigenvalue weighted by molar-refractivity contribution is 6.69. The minimum atomic E-state index is -1.88. The third kappa shape index (κ3) is 3.73. The molecule has 5 atom stereocenters. The minimum Gasteiger partial charge on any atom is -0.408 e. The van der Waals surface area contributed by atoms with Crippen molar-refractivity contribution in [3.63, 3.8) is 0 Å². The molecule has 1 N–H and O–H groups in total. The van der Waals surface area contributed by atoms with Crippen molar-refractivity contribution in [2.45, 2.75) is 69.9 Å². The van der Waals surface area contributed by atoms with Crippen molar-refractivity contribution in [2.24, 2.45) is 17.8 Å². The van der Waals surface area contributed by atoms with E-state index in [1.807, 2.05) is 0 Å². The third-order valence-electron chi connectivity index (χ3n) is 7.13. The standard InChI is InChI=1S/C26H36O2Si/c1-19-15-22-13-9-10-14-25(22,27)24-16-20(2)23(17-21-11-7-6-8-12-21)26(24,18-19)28-29(3,4)5/h6-9,11-13,17,20,22,24,27H,1,10,14-16,18H2,2-5H3/b23-17-/t20-,22-,24+,25-,26+/m1/s1. The van der Waals surface area contributed by atoms with Gasteiger partial charge in [-0.25, -0.2) is 0 Å². The molecule has 0 saturated heterocycles. The van der Waals surface area contributed by atoms with Crippen molar-refractivity contribution in [1.82, 2.24) is 0 Å². The van der Waals surface area contributed by atoms with Crippen LogP contribution in [0.3, 0.4) is 0 Å². The second kappa shape index (κ2) is 7.37. The van der Waals surface area contributed by atoms with Crippen LogP contribution in [0, 0.1) is 17.8 Å². The Bertz CT molecular complexity index is 834. The van der Waals surface area contributed by atoms with E-state index >= 15 is 0 Å². The summed E-state index contributed by atoms with van der Waals surface area (Å²) in [6.45, 7) is 13.6. The van der Waals surface area contributed by atoms with Gasteiger partial charge in [0.2, 0.25) is 0 Å². The van der Waals surface area contributed by atoms with Gasteiger partial charge >= 0.3 is 0 Å². The summed E-state index contributed by atoms with van der Waals surface area (Å²) in [4.78, 5) is 0. The van der Waals surface area contributed by atoms with Crippen LogP contribution >= 0.6 is 0 Å². The van der Waals surface area contributed by atoms with Crippen LogP contribution in [0.25, 0.3) is 6.08 Å². The molecule has 0 aromatic heterocycles. The van der Waals surface area contributed by atoms with Gasteiger partial charge in [0, 0.05) is 18.3 Å². The molecule has 0 heterocycles. The lowest BCUT2D eigenvalue weighted by molar-refractivity contribution is -0.111. The second-order valence-electron chi connectivity index (χ2n) is 10.5. The highest BCUT2D eigenvalue weighted by atomic mass is 28.4. The summed E-state index contributed by atoms with van der Waals surface area (Å²) >= 11 is 0. The molecule has 1 aromatic carbocycles. The monoisotopic (exact) mass is 408 g/mol. The van der Waals surface area contributed by atoms with E-state index in [1.54, 1.807) is 0 Å². The Morgan fingerprint density at radius 3 is 2.62 bits per heavy atom. The van der Waals surface area contributed by atoms with E-state index in [0.717, 1.165) is 32.1 Å². The molecular weight excluding hydrogens is 372 g/mol. The minimum absolute atomic E-state index is 0.112. The molecule has 0 aliphatic heterocycles. The van der Waals surface area contributed by atoms with Crippen LogP contribution in [-0.4, -0.2) is 24.6 Å². The number of fused-ring (bicyclic) bond motifs is 3. The van der Waals surface area contributed by atoms with Gasteiger partial charge in [-0.3, -0.25) is 0 Å². The summed E-state index contributed by atoms with van der Waals surface area (Å²) in [5.41, 5.74) is 2.64. The molecule has 156 valence electrons. The van der Waals surface area contributed by atoms with Crippen LogP contribution in [0.2, 0.25) is 19.6 Å². The molecule has 3 aliphatic carbocycles. The molecule has 0 spiro atoms. The fourth-order valence-electron chi connectivity index (χ4n) is 6.19. The molecule has 0 bridgehead atoms. The molecule has 0 radical (unpaired) electrons. The topological polar surface area (TPSA) is 29.5 Å². The average Bonchev–Trinajstić information content (AvgIpc) is 2.84. The highest BCUT2D eigenvalue weighted by Gasteiger charge is 2.62. The van der Waals surface area contributed by atoms with E-state index in [-0.39, 0.29) is 11.8 Å². The Kier molecular flexibility index (Phi) is 5.29. The third-order valence-corrected chi connectivity index (χ3v) is 8.10. The lowest BCUT2D eigenvalue weighted by Gasteiger charge is -2.49. The van der Waals surface area contributed by atoms with Crippen molar-refractivity contribution in [1.29, 1.82) is 0 Å². The fourth-order valence-corrected chi connectivity index (χ4v) is 7.61. The van der Waals surface area contributed by atoms with E-state index in [4.69, 9.17) is 4.43 Å². The first-order valence-corrected chi connectivity index (χ1v) is 14.6. The molecule has 3 aliphatic rings. The van der Waals surface area contributed by atoms with Crippen LogP contribution in [0.4, 0.5) is 0 Å². The van der Waals surface area contributed by atoms with Crippen molar-refractivity contribution in [2.75, 3.05) is 0 Å². The van der Waals surface area contributed by atoms with Gasteiger partial charge in [0.05, 0.1) is 11.2 Å². The molecular formula is C26H36O2Si. The van der Waals surface area contributed by atoms with E-state index in [9.17, 15) is 5.11 Å². The van der Waals surface area contributed by atoms with Crippen molar-refractivity contribution in [3.05, 3.63) is 65.8 Å². The summed E-state index contributed by atoms with van der Waals surface area (Å²) in [6.07, 6.45) is 11.3. The number of allylic oxidation sites excluding steroid dienone is 1.